The smallest absolute Gasteiger partial charge is 0.237 e. The molecule has 2 aromatic rings. The largest absolute Gasteiger partial charge is 0.348 e. The fourth-order valence-corrected chi connectivity index (χ4v) is 4.24. The molecule has 4 heteroatoms. The second-order valence-electron chi connectivity index (χ2n) is 6.53. The van der Waals surface area contributed by atoms with Gasteiger partial charge in [-0.05, 0) is 42.3 Å². The van der Waals surface area contributed by atoms with Gasteiger partial charge >= 0.3 is 0 Å². The molecule has 1 aliphatic rings. The topological polar surface area (TPSA) is 32.3 Å². The molecule has 1 aromatic heterocycles. The predicted molar refractivity (Wildman–Crippen MR) is 100 cm³/mol. The molecule has 1 aliphatic heterocycles. The summed E-state index contributed by atoms with van der Waals surface area (Å²) in [6.45, 7) is 6.04. The Labute approximate surface area is 148 Å². The number of thiophene rings is 1. The maximum absolute atomic E-state index is 12.8. The van der Waals surface area contributed by atoms with E-state index in [4.69, 9.17) is 0 Å². The molecule has 3 rings (SSSR count). The quantitative estimate of drug-likeness (QED) is 0.855. The molecule has 1 amide bonds. The maximum Gasteiger partial charge on any atom is 0.237 e. The van der Waals surface area contributed by atoms with Crippen molar-refractivity contribution in [3.8, 4) is 0 Å². The highest BCUT2D eigenvalue weighted by molar-refractivity contribution is 7.10. The second kappa shape index (κ2) is 7.95. The lowest BCUT2D eigenvalue weighted by Crippen LogP contribution is -2.47. The van der Waals surface area contributed by atoms with Gasteiger partial charge in [0.05, 0.1) is 12.1 Å². The van der Waals surface area contributed by atoms with Gasteiger partial charge in [0.2, 0.25) is 5.91 Å². The number of fused-ring (bicyclic) bond motifs is 1. The van der Waals surface area contributed by atoms with Gasteiger partial charge in [-0.1, -0.05) is 43.7 Å². The second-order valence-corrected chi connectivity index (χ2v) is 7.53. The number of carbonyl (C=O) groups is 1. The summed E-state index contributed by atoms with van der Waals surface area (Å²) in [4.78, 5) is 16.6. The van der Waals surface area contributed by atoms with Crippen molar-refractivity contribution in [2.75, 3.05) is 6.54 Å². The molecule has 2 heterocycles. The van der Waals surface area contributed by atoms with Gasteiger partial charge in [0.1, 0.15) is 0 Å². The minimum atomic E-state index is -0.0962. The van der Waals surface area contributed by atoms with Crippen LogP contribution in [-0.4, -0.2) is 23.4 Å². The van der Waals surface area contributed by atoms with Crippen LogP contribution in [0.1, 0.15) is 48.7 Å². The molecule has 1 aromatic carbocycles. The van der Waals surface area contributed by atoms with Crippen LogP contribution < -0.4 is 5.32 Å². The number of carbonyl (C=O) groups excluding carboxylic acids is 1. The Morgan fingerprint density at radius 1 is 1.29 bits per heavy atom. The van der Waals surface area contributed by atoms with Crippen molar-refractivity contribution in [1.82, 2.24) is 10.2 Å². The Hall–Kier alpha value is -1.65. The first-order valence-electron chi connectivity index (χ1n) is 8.83. The molecule has 3 nitrogen and oxygen atoms in total. The number of benzene rings is 1. The Morgan fingerprint density at radius 3 is 2.83 bits per heavy atom. The van der Waals surface area contributed by atoms with Gasteiger partial charge in [0.15, 0.2) is 0 Å². The average Bonchev–Trinajstić information content (AvgIpc) is 3.09. The summed E-state index contributed by atoms with van der Waals surface area (Å²) in [7, 11) is 0. The van der Waals surface area contributed by atoms with E-state index in [2.05, 4.69) is 40.7 Å². The molecule has 0 bridgehead atoms. The van der Waals surface area contributed by atoms with Crippen LogP contribution >= 0.6 is 11.3 Å². The summed E-state index contributed by atoms with van der Waals surface area (Å²) in [5.41, 5.74) is 2.58. The number of nitrogens with zero attached hydrogens (tertiary/aromatic N) is 1. The summed E-state index contributed by atoms with van der Waals surface area (Å²) >= 11 is 1.83. The van der Waals surface area contributed by atoms with E-state index < -0.39 is 0 Å². The number of hydrogen-bond acceptors (Lipinski definition) is 3. The number of amides is 1. The highest BCUT2D eigenvalue weighted by atomic mass is 32.1. The predicted octanol–water partition coefficient (Wildman–Crippen LogP) is 4.15. The van der Waals surface area contributed by atoms with Gasteiger partial charge in [0.25, 0.3) is 0 Å². The first kappa shape index (κ1) is 17.2. The van der Waals surface area contributed by atoms with Crippen LogP contribution in [0.25, 0.3) is 0 Å². The van der Waals surface area contributed by atoms with Crippen molar-refractivity contribution in [1.29, 1.82) is 0 Å². The van der Waals surface area contributed by atoms with E-state index in [1.165, 1.54) is 16.0 Å². The van der Waals surface area contributed by atoms with Crippen molar-refractivity contribution >= 4 is 17.2 Å². The zero-order valence-corrected chi connectivity index (χ0v) is 15.3. The van der Waals surface area contributed by atoms with Crippen molar-refractivity contribution in [2.45, 2.75) is 51.7 Å². The first-order valence-corrected chi connectivity index (χ1v) is 9.71. The molecule has 2 atom stereocenters. The third-order valence-electron chi connectivity index (χ3n) is 4.86. The lowest BCUT2D eigenvalue weighted by Gasteiger charge is -2.32. The van der Waals surface area contributed by atoms with Crippen molar-refractivity contribution in [2.24, 2.45) is 0 Å². The van der Waals surface area contributed by atoms with Crippen molar-refractivity contribution in [3.63, 3.8) is 0 Å². The number of hydrogen-bond donors (Lipinski definition) is 1. The molecule has 0 fully saturated rings. The summed E-state index contributed by atoms with van der Waals surface area (Å²) in [6, 6.07) is 12.5. The molecular weight excluding hydrogens is 316 g/mol. The Balaban J connectivity index is 1.64. The molecular formula is C20H26N2OS. The third-order valence-corrected chi connectivity index (χ3v) is 5.88. The van der Waals surface area contributed by atoms with Crippen LogP contribution in [-0.2, 0) is 17.8 Å². The molecule has 0 radical (unpaired) electrons. The fraction of sp³-hybridized carbons (Fsp3) is 0.450. The lowest BCUT2D eigenvalue weighted by molar-refractivity contribution is -0.127. The van der Waals surface area contributed by atoms with E-state index >= 15 is 0 Å². The standard InChI is InChI=1S/C20H26N2OS/c1-3-7-18(16-8-5-4-6-9-16)21-20(23)15(2)22-12-10-19-17(14-22)11-13-24-19/h4-6,8-9,11,13,15,18H,3,7,10,12,14H2,1-2H3,(H,21,23)/t15-,18+/m1/s1. The maximum atomic E-state index is 12.8. The molecule has 24 heavy (non-hydrogen) atoms. The average molecular weight is 343 g/mol. The van der Waals surface area contributed by atoms with Crippen molar-refractivity contribution < 1.29 is 4.79 Å². The fourth-order valence-electron chi connectivity index (χ4n) is 3.36. The highest BCUT2D eigenvalue weighted by Gasteiger charge is 2.27. The van der Waals surface area contributed by atoms with E-state index in [1.807, 2.05) is 36.5 Å². The van der Waals surface area contributed by atoms with Crippen LogP contribution in [0, 0.1) is 0 Å². The minimum Gasteiger partial charge on any atom is -0.348 e. The zero-order valence-electron chi connectivity index (χ0n) is 14.5. The van der Waals surface area contributed by atoms with Crippen LogP contribution in [0.15, 0.2) is 41.8 Å². The Bertz CT molecular complexity index is 667. The summed E-state index contributed by atoms with van der Waals surface area (Å²) in [5.74, 6) is 0.135. The molecule has 1 N–H and O–H groups in total. The van der Waals surface area contributed by atoms with Crippen LogP contribution in [0.2, 0.25) is 0 Å². The third kappa shape index (κ3) is 3.87. The van der Waals surface area contributed by atoms with Crippen LogP contribution in [0.4, 0.5) is 0 Å². The monoisotopic (exact) mass is 342 g/mol. The zero-order chi connectivity index (χ0) is 16.9. The van der Waals surface area contributed by atoms with E-state index in [0.29, 0.717) is 0 Å². The van der Waals surface area contributed by atoms with E-state index in [1.54, 1.807) is 0 Å². The molecule has 0 spiro atoms. The van der Waals surface area contributed by atoms with Gasteiger partial charge in [-0.15, -0.1) is 11.3 Å². The molecule has 0 aliphatic carbocycles. The first-order chi connectivity index (χ1) is 11.7. The highest BCUT2D eigenvalue weighted by Crippen LogP contribution is 2.25. The van der Waals surface area contributed by atoms with E-state index in [9.17, 15) is 4.79 Å². The van der Waals surface area contributed by atoms with E-state index in [-0.39, 0.29) is 18.0 Å². The van der Waals surface area contributed by atoms with Gasteiger partial charge in [0, 0.05) is 18.0 Å². The van der Waals surface area contributed by atoms with Crippen LogP contribution in [0.5, 0.6) is 0 Å². The SMILES string of the molecule is CCC[C@H](NC(=O)[C@@H](C)N1CCc2sccc2C1)c1ccccc1. The summed E-state index contributed by atoms with van der Waals surface area (Å²) < 4.78 is 0. The van der Waals surface area contributed by atoms with Crippen molar-refractivity contribution in [3.05, 3.63) is 57.8 Å². The molecule has 0 saturated carbocycles. The minimum absolute atomic E-state index is 0.0962. The molecule has 0 unspecified atom stereocenters. The lowest BCUT2D eigenvalue weighted by atomic mass is 10.0. The van der Waals surface area contributed by atoms with Gasteiger partial charge < -0.3 is 5.32 Å². The van der Waals surface area contributed by atoms with Gasteiger partial charge in [-0.3, -0.25) is 9.69 Å². The summed E-state index contributed by atoms with van der Waals surface area (Å²) in [6.07, 6.45) is 3.08. The summed E-state index contributed by atoms with van der Waals surface area (Å²) in [5, 5.41) is 5.43. The van der Waals surface area contributed by atoms with Crippen LogP contribution in [0.3, 0.4) is 0 Å². The molecule has 0 saturated heterocycles. The number of rotatable bonds is 6. The Morgan fingerprint density at radius 2 is 2.08 bits per heavy atom. The normalized spacial score (nSPS) is 17.1. The van der Waals surface area contributed by atoms with Gasteiger partial charge in [-0.2, -0.15) is 0 Å². The molecule has 128 valence electrons. The van der Waals surface area contributed by atoms with E-state index in [0.717, 1.165) is 32.4 Å². The van der Waals surface area contributed by atoms with Gasteiger partial charge in [-0.25, -0.2) is 0 Å². The number of nitrogens with one attached hydrogen (secondary N) is 1. The Kier molecular flexibility index (Phi) is 5.69.